The van der Waals surface area contributed by atoms with Crippen LogP contribution in [0.15, 0.2) is 48.5 Å². The Bertz CT molecular complexity index is 779. The standard InChI is InChI=1S/C19H24N3O3P/c20-10-1-11-22(13-17-4-2-16(12-21)3-5-17)14-18-6-8-19(9-7-18)15-26(23,24)25/h2-9H,1,10-11,13-15,20H2,(H2,23,24,25). The molecule has 0 atom stereocenters. The van der Waals surface area contributed by atoms with Crippen molar-refractivity contribution >= 4 is 7.60 Å². The zero-order valence-electron chi connectivity index (χ0n) is 14.6. The predicted octanol–water partition coefficient (Wildman–Crippen LogP) is 2.59. The molecule has 6 nitrogen and oxygen atoms in total. The molecule has 0 aromatic heterocycles. The van der Waals surface area contributed by atoms with Gasteiger partial charge < -0.3 is 15.5 Å². The minimum atomic E-state index is -4.04. The number of benzene rings is 2. The SMILES string of the molecule is N#Cc1ccc(CN(CCCN)Cc2ccc(CP(=O)(O)O)cc2)cc1. The Morgan fingerprint density at radius 3 is 1.92 bits per heavy atom. The molecule has 26 heavy (non-hydrogen) atoms. The van der Waals surface area contributed by atoms with E-state index in [1.165, 1.54) is 0 Å². The summed E-state index contributed by atoms with van der Waals surface area (Å²) in [5, 5.41) is 8.89. The third-order valence-electron chi connectivity index (χ3n) is 3.99. The lowest BCUT2D eigenvalue weighted by Crippen LogP contribution is -2.25. The average Bonchev–Trinajstić information content (AvgIpc) is 2.60. The molecule has 0 aliphatic carbocycles. The Kier molecular flexibility index (Phi) is 7.52. The van der Waals surface area contributed by atoms with Crippen LogP contribution in [0, 0.1) is 11.3 Å². The van der Waals surface area contributed by atoms with E-state index in [-0.39, 0.29) is 6.16 Å². The Morgan fingerprint density at radius 1 is 0.962 bits per heavy atom. The van der Waals surface area contributed by atoms with Gasteiger partial charge in [-0.05, 0) is 41.8 Å². The van der Waals surface area contributed by atoms with Crippen LogP contribution in [0.2, 0.25) is 0 Å². The first-order valence-electron chi connectivity index (χ1n) is 8.43. The summed E-state index contributed by atoms with van der Waals surface area (Å²) in [6.45, 7) is 2.93. The van der Waals surface area contributed by atoms with Crippen molar-refractivity contribution in [2.45, 2.75) is 25.7 Å². The van der Waals surface area contributed by atoms with Gasteiger partial charge in [0.15, 0.2) is 0 Å². The molecule has 0 aliphatic rings. The van der Waals surface area contributed by atoms with Gasteiger partial charge >= 0.3 is 7.60 Å². The maximum absolute atomic E-state index is 11.1. The zero-order valence-corrected chi connectivity index (χ0v) is 15.5. The van der Waals surface area contributed by atoms with E-state index in [1.807, 2.05) is 36.4 Å². The quantitative estimate of drug-likeness (QED) is 0.583. The van der Waals surface area contributed by atoms with E-state index in [4.69, 9.17) is 20.8 Å². The molecule has 0 aliphatic heterocycles. The molecular formula is C19H24N3O3P. The Balaban J connectivity index is 2.04. The van der Waals surface area contributed by atoms with Gasteiger partial charge in [0.05, 0.1) is 17.8 Å². The molecular weight excluding hydrogens is 349 g/mol. The maximum atomic E-state index is 11.1. The van der Waals surface area contributed by atoms with Crippen LogP contribution >= 0.6 is 7.60 Å². The summed E-state index contributed by atoms with van der Waals surface area (Å²) in [6.07, 6.45) is 0.641. The summed E-state index contributed by atoms with van der Waals surface area (Å²) in [4.78, 5) is 20.4. The van der Waals surface area contributed by atoms with E-state index in [9.17, 15) is 4.57 Å². The van der Waals surface area contributed by atoms with Crippen LogP contribution in [-0.2, 0) is 23.8 Å². The zero-order chi connectivity index (χ0) is 19.0. The van der Waals surface area contributed by atoms with Crippen molar-refractivity contribution in [1.82, 2.24) is 4.90 Å². The number of rotatable bonds is 9. The number of nitrogens with zero attached hydrogens (tertiary/aromatic N) is 2. The summed E-state index contributed by atoms with van der Waals surface area (Å²) in [7, 11) is -4.04. The fourth-order valence-corrected chi connectivity index (χ4v) is 3.40. The predicted molar refractivity (Wildman–Crippen MR) is 101 cm³/mol. The van der Waals surface area contributed by atoms with Gasteiger partial charge in [-0.15, -0.1) is 0 Å². The van der Waals surface area contributed by atoms with Crippen LogP contribution in [0.5, 0.6) is 0 Å². The van der Waals surface area contributed by atoms with E-state index >= 15 is 0 Å². The minimum absolute atomic E-state index is 0.241. The summed E-state index contributed by atoms with van der Waals surface area (Å²) >= 11 is 0. The van der Waals surface area contributed by atoms with Crippen molar-refractivity contribution in [3.8, 4) is 6.07 Å². The summed E-state index contributed by atoms with van der Waals surface area (Å²) < 4.78 is 11.1. The highest BCUT2D eigenvalue weighted by Gasteiger charge is 2.14. The van der Waals surface area contributed by atoms with Crippen molar-refractivity contribution in [2.24, 2.45) is 5.73 Å². The lowest BCUT2D eigenvalue weighted by atomic mass is 10.1. The van der Waals surface area contributed by atoms with Crippen molar-refractivity contribution in [2.75, 3.05) is 13.1 Å². The number of hydrogen-bond acceptors (Lipinski definition) is 4. The van der Waals surface area contributed by atoms with Gasteiger partial charge in [-0.25, -0.2) is 0 Å². The number of hydrogen-bond donors (Lipinski definition) is 3. The van der Waals surface area contributed by atoms with E-state index in [0.29, 0.717) is 17.7 Å². The minimum Gasteiger partial charge on any atom is -0.330 e. The molecule has 0 bridgehead atoms. The summed E-state index contributed by atoms with van der Waals surface area (Å²) in [5.74, 6) is 0. The van der Waals surface area contributed by atoms with Crippen LogP contribution in [0.4, 0.5) is 0 Å². The molecule has 0 saturated heterocycles. The van der Waals surface area contributed by atoms with E-state index in [1.54, 1.807) is 12.1 Å². The maximum Gasteiger partial charge on any atom is 0.329 e. The van der Waals surface area contributed by atoms with Crippen molar-refractivity contribution in [3.05, 3.63) is 70.8 Å². The third-order valence-corrected chi connectivity index (χ3v) is 4.76. The Labute approximate surface area is 154 Å². The second kappa shape index (κ2) is 9.63. The molecule has 0 spiro atoms. The van der Waals surface area contributed by atoms with Crippen LogP contribution in [0.25, 0.3) is 0 Å². The number of nitriles is 1. The first-order valence-corrected chi connectivity index (χ1v) is 10.2. The molecule has 2 aromatic rings. The van der Waals surface area contributed by atoms with Gasteiger partial charge in [-0.3, -0.25) is 9.46 Å². The fraction of sp³-hybridized carbons (Fsp3) is 0.316. The van der Waals surface area contributed by atoms with Gasteiger partial charge in [0, 0.05) is 19.6 Å². The monoisotopic (exact) mass is 373 g/mol. The van der Waals surface area contributed by atoms with Gasteiger partial charge in [0.2, 0.25) is 0 Å². The summed E-state index contributed by atoms with van der Waals surface area (Å²) in [5.41, 5.74) is 9.11. The average molecular weight is 373 g/mol. The highest BCUT2D eigenvalue weighted by molar-refractivity contribution is 7.50. The molecule has 0 amide bonds. The Hall–Kier alpha value is -2.00. The van der Waals surface area contributed by atoms with E-state index in [2.05, 4.69) is 11.0 Å². The van der Waals surface area contributed by atoms with Crippen LogP contribution in [0.1, 0.15) is 28.7 Å². The lowest BCUT2D eigenvalue weighted by Gasteiger charge is -2.22. The van der Waals surface area contributed by atoms with Crippen molar-refractivity contribution < 1.29 is 14.4 Å². The fourth-order valence-electron chi connectivity index (χ4n) is 2.72. The second-order valence-electron chi connectivity index (χ2n) is 6.30. The highest BCUT2D eigenvalue weighted by Crippen LogP contribution is 2.38. The van der Waals surface area contributed by atoms with Crippen LogP contribution in [-0.4, -0.2) is 27.8 Å². The molecule has 2 rings (SSSR count). The molecule has 0 unspecified atom stereocenters. The number of nitrogens with two attached hydrogens (primary N) is 1. The first-order chi connectivity index (χ1) is 12.4. The summed E-state index contributed by atoms with van der Waals surface area (Å²) in [6, 6.07) is 17.0. The van der Waals surface area contributed by atoms with Crippen LogP contribution in [0.3, 0.4) is 0 Å². The van der Waals surface area contributed by atoms with E-state index < -0.39 is 7.60 Å². The van der Waals surface area contributed by atoms with Crippen molar-refractivity contribution in [1.29, 1.82) is 5.26 Å². The third kappa shape index (κ3) is 7.09. The van der Waals surface area contributed by atoms with E-state index in [0.717, 1.165) is 37.2 Å². The highest BCUT2D eigenvalue weighted by atomic mass is 31.2. The van der Waals surface area contributed by atoms with Gasteiger partial charge in [-0.2, -0.15) is 5.26 Å². The van der Waals surface area contributed by atoms with Crippen LogP contribution < -0.4 is 5.73 Å². The largest absolute Gasteiger partial charge is 0.330 e. The first kappa shape index (κ1) is 20.3. The smallest absolute Gasteiger partial charge is 0.329 e. The molecule has 7 heteroatoms. The molecule has 0 radical (unpaired) electrons. The second-order valence-corrected chi connectivity index (χ2v) is 7.95. The molecule has 2 aromatic carbocycles. The molecule has 138 valence electrons. The lowest BCUT2D eigenvalue weighted by molar-refractivity contribution is 0.255. The Morgan fingerprint density at radius 2 is 1.46 bits per heavy atom. The normalized spacial score (nSPS) is 11.5. The van der Waals surface area contributed by atoms with Gasteiger partial charge in [0.1, 0.15) is 0 Å². The van der Waals surface area contributed by atoms with Gasteiger partial charge in [-0.1, -0.05) is 36.4 Å². The molecule has 0 fully saturated rings. The molecule has 4 N–H and O–H groups in total. The molecule has 0 saturated carbocycles. The molecule has 0 heterocycles. The van der Waals surface area contributed by atoms with Crippen molar-refractivity contribution in [3.63, 3.8) is 0 Å². The van der Waals surface area contributed by atoms with Gasteiger partial charge in [0.25, 0.3) is 0 Å². The topological polar surface area (TPSA) is 111 Å².